The lowest BCUT2D eigenvalue weighted by Gasteiger charge is -2.34. The van der Waals surface area contributed by atoms with Gasteiger partial charge in [0.15, 0.2) is 0 Å². The molecule has 116 valence electrons. The monoisotopic (exact) mass is 277 g/mol. The second kappa shape index (κ2) is 10.5. The number of nitrogens with one attached hydrogen (secondary N) is 1. The van der Waals surface area contributed by atoms with Crippen LogP contribution in [0.4, 0.5) is 0 Å². The van der Waals surface area contributed by atoms with Crippen LogP contribution in [0.2, 0.25) is 0 Å². The van der Waals surface area contributed by atoms with Gasteiger partial charge >= 0.3 is 0 Å². The second-order valence-corrected chi connectivity index (χ2v) is 5.38. The van der Waals surface area contributed by atoms with Crippen molar-refractivity contribution in [3.8, 4) is 0 Å². The maximum atomic E-state index is 9.59. The van der Waals surface area contributed by atoms with Gasteiger partial charge < -0.3 is 26.4 Å². The fourth-order valence-electron chi connectivity index (χ4n) is 2.18. The van der Waals surface area contributed by atoms with Crippen LogP contribution in [-0.2, 0) is 0 Å². The van der Waals surface area contributed by atoms with Crippen LogP contribution in [0.1, 0.15) is 27.2 Å². The predicted octanol–water partition coefficient (Wildman–Crippen LogP) is -1.26. The van der Waals surface area contributed by atoms with Gasteiger partial charge in [-0.1, -0.05) is 0 Å². The lowest BCUT2D eigenvalue weighted by molar-refractivity contribution is 0.0386. The molecule has 0 aliphatic rings. The van der Waals surface area contributed by atoms with E-state index in [4.69, 9.17) is 5.73 Å². The van der Waals surface area contributed by atoms with Crippen molar-refractivity contribution < 1.29 is 15.3 Å². The SMILES string of the molecule is CC(O)CC(CNCCN)N(CC(C)O)CC(C)O. The smallest absolute Gasteiger partial charge is 0.0639 e. The average molecular weight is 277 g/mol. The Bertz CT molecular complexity index is 203. The highest BCUT2D eigenvalue weighted by molar-refractivity contribution is 4.79. The Hall–Kier alpha value is -0.240. The molecular weight excluding hydrogens is 246 g/mol. The molecule has 0 saturated carbocycles. The summed E-state index contributed by atoms with van der Waals surface area (Å²) in [6.45, 7) is 8.12. The largest absolute Gasteiger partial charge is 0.393 e. The summed E-state index contributed by atoms with van der Waals surface area (Å²) in [5.74, 6) is 0. The molecule has 0 aliphatic heterocycles. The molecule has 0 heterocycles. The van der Waals surface area contributed by atoms with Gasteiger partial charge in [0.05, 0.1) is 18.3 Å². The van der Waals surface area contributed by atoms with Gasteiger partial charge in [-0.15, -0.1) is 0 Å². The molecule has 0 bridgehead atoms. The highest BCUT2D eigenvalue weighted by atomic mass is 16.3. The summed E-state index contributed by atoms with van der Waals surface area (Å²) in [7, 11) is 0. The maximum absolute atomic E-state index is 9.59. The third kappa shape index (κ3) is 10.2. The van der Waals surface area contributed by atoms with Crippen molar-refractivity contribution in [2.45, 2.75) is 51.5 Å². The molecule has 4 atom stereocenters. The molecular formula is C13H31N3O3. The van der Waals surface area contributed by atoms with Crippen LogP contribution in [0, 0.1) is 0 Å². The zero-order valence-corrected chi connectivity index (χ0v) is 12.4. The lowest BCUT2D eigenvalue weighted by atomic mass is 10.1. The van der Waals surface area contributed by atoms with Crippen LogP contribution in [0.25, 0.3) is 0 Å². The Morgan fingerprint density at radius 2 is 1.53 bits per heavy atom. The number of hydrogen-bond donors (Lipinski definition) is 5. The first-order chi connectivity index (χ1) is 8.86. The molecule has 6 heteroatoms. The molecule has 0 saturated heterocycles. The van der Waals surface area contributed by atoms with Crippen molar-refractivity contribution in [1.82, 2.24) is 10.2 Å². The fraction of sp³-hybridized carbons (Fsp3) is 1.00. The summed E-state index contributed by atoms with van der Waals surface area (Å²) in [6.07, 6.45) is -0.763. The first-order valence-corrected chi connectivity index (χ1v) is 7.05. The topological polar surface area (TPSA) is 102 Å². The first-order valence-electron chi connectivity index (χ1n) is 7.05. The molecule has 6 N–H and O–H groups in total. The van der Waals surface area contributed by atoms with E-state index in [9.17, 15) is 15.3 Å². The zero-order chi connectivity index (χ0) is 14.8. The Balaban J connectivity index is 4.57. The van der Waals surface area contributed by atoms with E-state index in [0.29, 0.717) is 39.1 Å². The quantitative estimate of drug-likeness (QED) is 0.302. The van der Waals surface area contributed by atoms with Crippen LogP contribution < -0.4 is 11.1 Å². The average Bonchev–Trinajstić information content (AvgIpc) is 2.25. The van der Waals surface area contributed by atoms with Crippen LogP contribution in [0.3, 0.4) is 0 Å². The summed E-state index contributed by atoms with van der Waals surface area (Å²) in [6, 6.07) is 0.0655. The van der Waals surface area contributed by atoms with Crippen LogP contribution in [-0.4, -0.2) is 77.3 Å². The first kappa shape index (κ1) is 18.8. The molecule has 0 aromatic rings. The number of aliphatic hydroxyl groups is 3. The molecule has 0 aromatic heterocycles. The van der Waals surface area contributed by atoms with Crippen molar-refractivity contribution in [3.63, 3.8) is 0 Å². The molecule has 0 amide bonds. The minimum atomic E-state index is -0.468. The summed E-state index contributed by atoms with van der Waals surface area (Å²) in [5.41, 5.74) is 5.45. The molecule has 0 fully saturated rings. The van der Waals surface area contributed by atoms with E-state index in [1.165, 1.54) is 0 Å². The van der Waals surface area contributed by atoms with E-state index in [2.05, 4.69) is 5.32 Å². The van der Waals surface area contributed by atoms with E-state index in [-0.39, 0.29) is 6.04 Å². The number of nitrogens with zero attached hydrogens (tertiary/aromatic N) is 1. The van der Waals surface area contributed by atoms with Crippen molar-refractivity contribution in [2.75, 3.05) is 32.7 Å². The van der Waals surface area contributed by atoms with Gasteiger partial charge in [-0.05, 0) is 27.2 Å². The number of hydrogen-bond acceptors (Lipinski definition) is 6. The van der Waals surface area contributed by atoms with E-state index in [1.54, 1.807) is 20.8 Å². The maximum Gasteiger partial charge on any atom is 0.0639 e. The zero-order valence-electron chi connectivity index (χ0n) is 12.4. The molecule has 0 aromatic carbocycles. The van der Waals surface area contributed by atoms with Crippen molar-refractivity contribution in [1.29, 1.82) is 0 Å². The Morgan fingerprint density at radius 3 is 1.89 bits per heavy atom. The molecule has 6 nitrogen and oxygen atoms in total. The van der Waals surface area contributed by atoms with E-state index >= 15 is 0 Å². The molecule has 0 aliphatic carbocycles. The van der Waals surface area contributed by atoms with Crippen LogP contribution in [0.5, 0.6) is 0 Å². The van der Waals surface area contributed by atoms with Gasteiger partial charge in [0.25, 0.3) is 0 Å². The van der Waals surface area contributed by atoms with Crippen LogP contribution in [0.15, 0.2) is 0 Å². The van der Waals surface area contributed by atoms with E-state index < -0.39 is 18.3 Å². The third-order valence-corrected chi connectivity index (χ3v) is 2.83. The normalized spacial score (nSPS) is 18.3. The van der Waals surface area contributed by atoms with Gasteiger partial charge in [-0.3, -0.25) is 4.90 Å². The third-order valence-electron chi connectivity index (χ3n) is 2.83. The van der Waals surface area contributed by atoms with E-state index in [1.807, 2.05) is 4.90 Å². The van der Waals surface area contributed by atoms with Crippen molar-refractivity contribution in [2.24, 2.45) is 5.73 Å². The van der Waals surface area contributed by atoms with Crippen LogP contribution >= 0.6 is 0 Å². The minimum Gasteiger partial charge on any atom is -0.393 e. The fourth-order valence-corrected chi connectivity index (χ4v) is 2.18. The van der Waals surface area contributed by atoms with Crippen molar-refractivity contribution >= 4 is 0 Å². The summed E-state index contributed by atoms with van der Waals surface area (Å²) < 4.78 is 0. The van der Waals surface area contributed by atoms with Gasteiger partial charge in [-0.2, -0.15) is 0 Å². The molecule has 0 spiro atoms. The molecule has 0 radical (unpaired) electrons. The molecule has 4 unspecified atom stereocenters. The standard InChI is InChI=1S/C13H31N3O3/c1-10(17)6-13(7-15-5-4-14)16(8-11(2)18)9-12(3)19/h10-13,15,17-19H,4-9,14H2,1-3H3. The van der Waals surface area contributed by atoms with Gasteiger partial charge in [0.2, 0.25) is 0 Å². The number of rotatable bonds is 11. The summed E-state index contributed by atoms with van der Waals surface area (Å²) >= 11 is 0. The Morgan fingerprint density at radius 1 is 1.00 bits per heavy atom. The minimum absolute atomic E-state index is 0.0655. The van der Waals surface area contributed by atoms with Gasteiger partial charge in [-0.25, -0.2) is 0 Å². The van der Waals surface area contributed by atoms with Gasteiger partial charge in [0, 0.05) is 38.8 Å². The molecule has 0 rings (SSSR count). The number of nitrogens with two attached hydrogens (primary N) is 1. The molecule has 19 heavy (non-hydrogen) atoms. The van der Waals surface area contributed by atoms with Crippen molar-refractivity contribution in [3.05, 3.63) is 0 Å². The Kier molecular flexibility index (Phi) is 10.4. The highest BCUT2D eigenvalue weighted by Crippen LogP contribution is 2.09. The predicted molar refractivity (Wildman–Crippen MR) is 76.9 cm³/mol. The summed E-state index contributed by atoms with van der Waals surface area (Å²) in [4.78, 5) is 2.02. The second-order valence-electron chi connectivity index (χ2n) is 5.38. The van der Waals surface area contributed by atoms with Gasteiger partial charge in [0.1, 0.15) is 0 Å². The van der Waals surface area contributed by atoms with E-state index in [0.717, 1.165) is 0 Å². The highest BCUT2D eigenvalue weighted by Gasteiger charge is 2.22. The number of aliphatic hydroxyl groups excluding tert-OH is 3. The lowest BCUT2D eigenvalue weighted by Crippen LogP contribution is -2.49. The Labute approximate surface area is 116 Å². The summed E-state index contributed by atoms with van der Waals surface area (Å²) in [5, 5.41) is 31.9.